The smallest absolute Gasteiger partial charge is 0.106 e. The van der Waals surface area contributed by atoms with Crippen molar-refractivity contribution in [2.24, 2.45) is 0 Å². The van der Waals surface area contributed by atoms with Gasteiger partial charge in [0.05, 0.1) is 0 Å². The Kier molecular flexibility index (Phi) is 5.16. The third-order valence-electron chi connectivity index (χ3n) is 3.27. The van der Waals surface area contributed by atoms with Crippen LogP contribution in [0.1, 0.15) is 41.7 Å². The molecule has 0 fully saturated rings. The predicted molar refractivity (Wildman–Crippen MR) is 81.4 cm³/mol. The van der Waals surface area contributed by atoms with Gasteiger partial charge in [0.15, 0.2) is 0 Å². The molecule has 0 saturated carbocycles. The molecule has 2 aromatic rings. The molecule has 0 bridgehead atoms. The van der Waals surface area contributed by atoms with E-state index in [0.717, 1.165) is 25.3 Å². The molecule has 0 unspecified atom stereocenters. The number of aromatic nitrogens is 2. The zero-order valence-corrected chi connectivity index (χ0v) is 12.9. The van der Waals surface area contributed by atoms with Gasteiger partial charge in [-0.3, -0.25) is 4.90 Å². The summed E-state index contributed by atoms with van der Waals surface area (Å²) in [5, 5.41) is 2.16. The number of nitrogens with zero attached hydrogens (tertiary/aromatic N) is 2. The van der Waals surface area contributed by atoms with Crippen molar-refractivity contribution in [3.8, 4) is 0 Å². The van der Waals surface area contributed by atoms with Crippen LogP contribution in [0.4, 0.5) is 0 Å². The number of aromatic amines is 1. The molecular formula is C15H23N3S. The third kappa shape index (κ3) is 4.18. The highest BCUT2D eigenvalue weighted by atomic mass is 32.1. The van der Waals surface area contributed by atoms with Crippen molar-refractivity contribution >= 4 is 11.3 Å². The number of thiophene rings is 1. The van der Waals surface area contributed by atoms with Crippen LogP contribution in [0.15, 0.2) is 17.6 Å². The van der Waals surface area contributed by atoms with E-state index in [2.05, 4.69) is 47.2 Å². The van der Waals surface area contributed by atoms with Crippen molar-refractivity contribution in [3.63, 3.8) is 0 Å². The summed E-state index contributed by atoms with van der Waals surface area (Å²) in [4.78, 5) is 11.6. The lowest BCUT2D eigenvalue weighted by atomic mass is 10.2. The number of hydrogen-bond acceptors (Lipinski definition) is 3. The second-order valence-electron chi connectivity index (χ2n) is 5.16. The van der Waals surface area contributed by atoms with Crippen LogP contribution in [-0.2, 0) is 19.5 Å². The van der Waals surface area contributed by atoms with Gasteiger partial charge in [0.2, 0.25) is 0 Å². The van der Waals surface area contributed by atoms with Gasteiger partial charge in [0.1, 0.15) is 5.82 Å². The van der Waals surface area contributed by atoms with Gasteiger partial charge in [-0.05, 0) is 37.4 Å². The Hall–Kier alpha value is -1.13. The van der Waals surface area contributed by atoms with E-state index >= 15 is 0 Å². The second-order valence-corrected chi connectivity index (χ2v) is 6.16. The zero-order valence-electron chi connectivity index (χ0n) is 12.1. The molecule has 0 aromatic carbocycles. The number of H-pyrrole nitrogens is 1. The summed E-state index contributed by atoms with van der Waals surface area (Å²) in [5.41, 5.74) is 2.60. The topological polar surface area (TPSA) is 31.9 Å². The van der Waals surface area contributed by atoms with Gasteiger partial charge in [0.25, 0.3) is 0 Å². The van der Waals surface area contributed by atoms with E-state index in [0.29, 0.717) is 0 Å². The van der Waals surface area contributed by atoms with Crippen molar-refractivity contribution in [3.05, 3.63) is 39.6 Å². The van der Waals surface area contributed by atoms with Crippen LogP contribution in [0.5, 0.6) is 0 Å². The van der Waals surface area contributed by atoms with Gasteiger partial charge in [-0.15, -0.1) is 11.3 Å². The van der Waals surface area contributed by atoms with Crippen LogP contribution in [-0.4, -0.2) is 21.9 Å². The van der Waals surface area contributed by atoms with Crippen molar-refractivity contribution in [2.45, 2.75) is 46.2 Å². The first kappa shape index (κ1) is 14.3. The minimum atomic E-state index is 0.927. The standard InChI is InChI=1S/C15H23N3S/c1-4-5-6-15-16-9-13(17-15)10-18(3)11-14-12(2)7-8-19-14/h7-9H,4-6,10-11H2,1-3H3,(H,16,17). The van der Waals surface area contributed by atoms with Gasteiger partial charge in [-0.2, -0.15) is 0 Å². The molecule has 0 radical (unpaired) electrons. The van der Waals surface area contributed by atoms with Crippen molar-refractivity contribution in [1.82, 2.24) is 14.9 Å². The summed E-state index contributed by atoms with van der Waals surface area (Å²) in [6.45, 7) is 6.32. The van der Waals surface area contributed by atoms with E-state index in [1.165, 1.54) is 29.0 Å². The fourth-order valence-corrected chi connectivity index (χ4v) is 3.10. The van der Waals surface area contributed by atoms with Crippen LogP contribution in [0.3, 0.4) is 0 Å². The highest BCUT2D eigenvalue weighted by Gasteiger charge is 2.07. The Morgan fingerprint density at radius 2 is 2.21 bits per heavy atom. The monoisotopic (exact) mass is 277 g/mol. The predicted octanol–water partition coefficient (Wildman–Crippen LogP) is 3.75. The maximum absolute atomic E-state index is 4.44. The molecule has 0 atom stereocenters. The first-order valence-electron chi connectivity index (χ1n) is 6.93. The van der Waals surface area contributed by atoms with E-state index in [-0.39, 0.29) is 0 Å². The molecular weight excluding hydrogens is 254 g/mol. The second kappa shape index (κ2) is 6.87. The van der Waals surface area contributed by atoms with E-state index in [1.54, 1.807) is 0 Å². The maximum atomic E-state index is 4.44. The van der Waals surface area contributed by atoms with E-state index < -0.39 is 0 Å². The van der Waals surface area contributed by atoms with Crippen LogP contribution in [0.25, 0.3) is 0 Å². The number of rotatable bonds is 7. The highest BCUT2D eigenvalue weighted by molar-refractivity contribution is 7.10. The highest BCUT2D eigenvalue weighted by Crippen LogP contribution is 2.18. The largest absolute Gasteiger partial charge is 0.345 e. The molecule has 0 saturated heterocycles. The summed E-state index contributed by atoms with van der Waals surface area (Å²) in [6, 6.07) is 2.19. The molecule has 2 aromatic heterocycles. The summed E-state index contributed by atoms with van der Waals surface area (Å²) in [5.74, 6) is 1.12. The van der Waals surface area contributed by atoms with Crippen molar-refractivity contribution in [1.29, 1.82) is 0 Å². The van der Waals surface area contributed by atoms with Crippen LogP contribution >= 0.6 is 11.3 Å². The number of hydrogen-bond donors (Lipinski definition) is 1. The van der Waals surface area contributed by atoms with E-state index in [4.69, 9.17) is 0 Å². The average Bonchev–Trinajstić information content (AvgIpc) is 2.97. The minimum absolute atomic E-state index is 0.927. The van der Waals surface area contributed by atoms with E-state index in [9.17, 15) is 0 Å². The zero-order chi connectivity index (χ0) is 13.7. The molecule has 1 N–H and O–H groups in total. The Labute approximate surface area is 119 Å². The Morgan fingerprint density at radius 1 is 1.37 bits per heavy atom. The molecule has 0 aliphatic rings. The Balaban J connectivity index is 1.86. The van der Waals surface area contributed by atoms with Crippen molar-refractivity contribution in [2.75, 3.05) is 7.05 Å². The van der Waals surface area contributed by atoms with E-state index in [1.807, 2.05) is 17.5 Å². The molecule has 0 amide bonds. The van der Waals surface area contributed by atoms with Crippen LogP contribution < -0.4 is 0 Å². The fraction of sp³-hybridized carbons (Fsp3) is 0.533. The van der Waals surface area contributed by atoms with Crippen molar-refractivity contribution < 1.29 is 0 Å². The first-order valence-corrected chi connectivity index (χ1v) is 7.81. The Morgan fingerprint density at radius 3 is 2.89 bits per heavy atom. The van der Waals surface area contributed by atoms with Gasteiger partial charge >= 0.3 is 0 Å². The van der Waals surface area contributed by atoms with Crippen LogP contribution in [0, 0.1) is 6.92 Å². The fourth-order valence-electron chi connectivity index (χ4n) is 2.12. The molecule has 2 heterocycles. The normalized spacial score (nSPS) is 11.4. The third-order valence-corrected chi connectivity index (χ3v) is 4.28. The summed E-state index contributed by atoms with van der Waals surface area (Å²) in [7, 11) is 2.16. The average molecular weight is 277 g/mol. The number of imidazole rings is 1. The molecule has 104 valence electrons. The van der Waals surface area contributed by atoms with Crippen LogP contribution in [0.2, 0.25) is 0 Å². The number of aryl methyl sites for hydroxylation is 2. The molecule has 3 nitrogen and oxygen atoms in total. The van der Waals surface area contributed by atoms with Gasteiger partial charge < -0.3 is 4.98 Å². The van der Waals surface area contributed by atoms with Gasteiger partial charge in [0, 0.05) is 36.3 Å². The summed E-state index contributed by atoms with van der Waals surface area (Å²) in [6.07, 6.45) is 5.46. The lowest BCUT2D eigenvalue weighted by Crippen LogP contribution is -2.17. The van der Waals surface area contributed by atoms with Gasteiger partial charge in [-0.25, -0.2) is 4.98 Å². The lowest BCUT2D eigenvalue weighted by molar-refractivity contribution is 0.317. The number of nitrogens with one attached hydrogen (secondary N) is 1. The first-order chi connectivity index (χ1) is 9.19. The SMILES string of the molecule is CCCCc1ncc(CN(C)Cc2sccc2C)[nH]1. The van der Waals surface area contributed by atoms with Gasteiger partial charge in [-0.1, -0.05) is 13.3 Å². The maximum Gasteiger partial charge on any atom is 0.106 e. The minimum Gasteiger partial charge on any atom is -0.345 e. The number of unbranched alkanes of at least 4 members (excludes halogenated alkanes) is 1. The molecule has 4 heteroatoms. The summed E-state index contributed by atoms with van der Waals surface area (Å²) >= 11 is 1.84. The molecule has 0 spiro atoms. The molecule has 19 heavy (non-hydrogen) atoms. The molecule has 0 aliphatic heterocycles. The molecule has 0 aliphatic carbocycles. The molecule has 2 rings (SSSR count). The summed E-state index contributed by atoms with van der Waals surface area (Å²) < 4.78 is 0. The lowest BCUT2D eigenvalue weighted by Gasteiger charge is -2.15. The quantitative estimate of drug-likeness (QED) is 0.835. The Bertz CT molecular complexity index is 501.